The molecule has 2 heteroatoms. The number of aryl methyl sites for hydroxylation is 2. The van der Waals surface area contributed by atoms with Gasteiger partial charge in [0.05, 0.1) is 6.10 Å². The highest BCUT2D eigenvalue weighted by atomic mass is 16.5. The summed E-state index contributed by atoms with van der Waals surface area (Å²) in [4.78, 5) is 0. The molecule has 1 heterocycles. The Balaban J connectivity index is 2.13. The Hall–Kier alpha value is -1.02. The molecule has 0 saturated carbocycles. The Labute approximate surface area is 90.9 Å². The third kappa shape index (κ3) is 2.51. The van der Waals surface area contributed by atoms with E-state index in [2.05, 4.69) is 25.1 Å². The van der Waals surface area contributed by atoms with Crippen molar-refractivity contribution >= 4 is 0 Å². The molecule has 0 bridgehead atoms. The molecule has 1 aliphatic heterocycles. The van der Waals surface area contributed by atoms with E-state index in [9.17, 15) is 0 Å². The molecular weight excluding hydrogens is 188 g/mol. The maximum absolute atomic E-state index is 8.78. The number of aliphatic hydroxyl groups excluding tert-OH is 1. The summed E-state index contributed by atoms with van der Waals surface area (Å²) >= 11 is 0. The molecule has 2 rings (SSSR count). The second-order valence-corrected chi connectivity index (χ2v) is 4.24. The summed E-state index contributed by atoms with van der Waals surface area (Å²) in [7, 11) is 0. The zero-order chi connectivity index (χ0) is 10.7. The van der Waals surface area contributed by atoms with Crippen molar-refractivity contribution in [2.45, 2.75) is 38.7 Å². The number of hydrogen-bond donors (Lipinski definition) is 1. The molecule has 0 radical (unpaired) electrons. The van der Waals surface area contributed by atoms with E-state index in [1.165, 1.54) is 11.1 Å². The Kier molecular flexibility index (Phi) is 3.27. The van der Waals surface area contributed by atoms with Crippen LogP contribution in [0.2, 0.25) is 0 Å². The van der Waals surface area contributed by atoms with Gasteiger partial charge >= 0.3 is 0 Å². The minimum absolute atomic E-state index is 0.258. The molecule has 2 nitrogen and oxygen atoms in total. The molecule has 1 atom stereocenters. The first kappa shape index (κ1) is 10.5. The SMILES string of the molecule is CC1CCc2ccc(CCCO)cc2O1. The van der Waals surface area contributed by atoms with Crippen LogP contribution in [-0.2, 0) is 12.8 Å². The number of fused-ring (bicyclic) bond motifs is 1. The van der Waals surface area contributed by atoms with Gasteiger partial charge in [0.1, 0.15) is 5.75 Å². The Morgan fingerprint density at radius 1 is 1.47 bits per heavy atom. The molecule has 1 N–H and O–H groups in total. The van der Waals surface area contributed by atoms with Gasteiger partial charge in [-0.15, -0.1) is 0 Å². The molecule has 82 valence electrons. The summed E-state index contributed by atoms with van der Waals surface area (Å²) in [6.07, 6.45) is 4.33. The van der Waals surface area contributed by atoms with E-state index >= 15 is 0 Å². The van der Waals surface area contributed by atoms with Crippen molar-refractivity contribution in [3.05, 3.63) is 29.3 Å². The minimum atomic E-state index is 0.258. The highest BCUT2D eigenvalue weighted by Crippen LogP contribution is 2.28. The van der Waals surface area contributed by atoms with E-state index < -0.39 is 0 Å². The molecule has 0 saturated heterocycles. The van der Waals surface area contributed by atoms with E-state index in [0.29, 0.717) is 6.10 Å². The molecular formula is C13H18O2. The van der Waals surface area contributed by atoms with Crippen LogP contribution in [0.1, 0.15) is 30.9 Å². The van der Waals surface area contributed by atoms with Crippen molar-refractivity contribution in [1.29, 1.82) is 0 Å². The number of benzene rings is 1. The van der Waals surface area contributed by atoms with Crippen LogP contribution in [0, 0.1) is 0 Å². The lowest BCUT2D eigenvalue weighted by Gasteiger charge is -2.23. The fraction of sp³-hybridized carbons (Fsp3) is 0.538. The monoisotopic (exact) mass is 206 g/mol. The molecule has 0 aromatic heterocycles. The highest BCUT2D eigenvalue weighted by Gasteiger charge is 2.15. The zero-order valence-electron chi connectivity index (χ0n) is 9.20. The van der Waals surface area contributed by atoms with Gasteiger partial charge in [-0.25, -0.2) is 0 Å². The summed E-state index contributed by atoms with van der Waals surface area (Å²) < 4.78 is 5.79. The topological polar surface area (TPSA) is 29.5 Å². The largest absolute Gasteiger partial charge is 0.490 e. The number of aliphatic hydroxyl groups is 1. The van der Waals surface area contributed by atoms with E-state index in [0.717, 1.165) is 31.4 Å². The zero-order valence-corrected chi connectivity index (χ0v) is 9.20. The minimum Gasteiger partial charge on any atom is -0.490 e. The first-order valence-corrected chi connectivity index (χ1v) is 5.69. The van der Waals surface area contributed by atoms with Gasteiger partial charge in [0.15, 0.2) is 0 Å². The van der Waals surface area contributed by atoms with Crippen LogP contribution in [-0.4, -0.2) is 17.8 Å². The lowest BCUT2D eigenvalue weighted by molar-refractivity contribution is 0.192. The van der Waals surface area contributed by atoms with Crippen molar-refractivity contribution in [3.63, 3.8) is 0 Å². The van der Waals surface area contributed by atoms with E-state index in [1.807, 2.05) is 0 Å². The van der Waals surface area contributed by atoms with Crippen molar-refractivity contribution < 1.29 is 9.84 Å². The summed E-state index contributed by atoms with van der Waals surface area (Å²) in [6.45, 7) is 2.37. The van der Waals surface area contributed by atoms with E-state index in [4.69, 9.17) is 9.84 Å². The van der Waals surface area contributed by atoms with Crippen LogP contribution in [0.3, 0.4) is 0 Å². The normalized spacial score (nSPS) is 19.5. The quantitative estimate of drug-likeness (QED) is 0.822. The molecule has 0 amide bonds. The van der Waals surface area contributed by atoms with Crippen molar-refractivity contribution in [1.82, 2.24) is 0 Å². The summed E-state index contributed by atoms with van der Waals surface area (Å²) in [6, 6.07) is 6.43. The fourth-order valence-corrected chi connectivity index (χ4v) is 1.99. The van der Waals surface area contributed by atoms with E-state index in [-0.39, 0.29) is 6.61 Å². The molecule has 0 fully saturated rings. The Bertz CT molecular complexity index is 333. The van der Waals surface area contributed by atoms with Crippen LogP contribution in [0.15, 0.2) is 18.2 Å². The average molecular weight is 206 g/mol. The van der Waals surface area contributed by atoms with Crippen LogP contribution in [0.5, 0.6) is 5.75 Å². The summed E-state index contributed by atoms with van der Waals surface area (Å²) in [5.74, 6) is 1.05. The van der Waals surface area contributed by atoms with Gasteiger partial charge in [0, 0.05) is 6.61 Å². The molecule has 1 aliphatic rings. The molecule has 1 aromatic rings. The molecule has 0 spiro atoms. The van der Waals surface area contributed by atoms with Crippen LogP contribution < -0.4 is 4.74 Å². The van der Waals surface area contributed by atoms with Gasteiger partial charge in [0.25, 0.3) is 0 Å². The maximum Gasteiger partial charge on any atom is 0.123 e. The number of ether oxygens (including phenoxy) is 1. The second-order valence-electron chi connectivity index (χ2n) is 4.24. The average Bonchev–Trinajstić information content (AvgIpc) is 2.25. The van der Waals surface area contributed by atoms with Gasteiger partial charge in [-0.2, -0.15) is 0 Å². The van der Waals surface area contributed by atoms with E-state index in [1.54, 1.807) is 0 Å². The maximum atomic E-state index is 8.78. The molecule has 0 aliphatic carbocycles. The Morgan fingerprint density at radius 3 is 3.13 bits per heavy atom. The summed E-state index contributed by atoms with van der Waals surface area (Å²) in [5, 5.41) is 8.78. The number of hydrogen-bond acceptors (Lipinski definition) is 2. The van der Waals surface area contributed by atoms with Crippen molar-refractivity contribution in [2.75, 3.05) is 6.61 Å². The van der Waals surface area contributed by atoms with Crippen LogP contribution >= 0.6 is 0 Å². The third-order valence-corrected chi connectivity index (χ3v) is 2.90. The van der Waals surface area contributed by atoms with Gasteiger partial charge in [0.2, 0.25) is 0 Å². The van der Waals surface area contributed by atoms with Gasteiger partial charge < -0.3 is 9.84 Å². The first-order valence-electron chi connectivity index (χ1n) is 5.69. The predicted octanol–water partition coefficient (Wildman–Crippen LogP) is 2.33. The van der Waals surface area contributed by atoms with Gasteiger partial charge in [-0.05, 0) is 49.8 Å². The molecule has 1 unspecified atom stereocenters. The smallest absolute Gasteiger partial charge is 0.123 e. The standard InChI is InChI=1S/C13H18O2/c1-10-4-6-12-7-5-11(3-2-8-14)9-13(12)15-10/h5,7,9-10,14H,2-4,6,8H2,1H3. The van der Waals surface area contributed by atoms with Gasteiger partial charge in [-0.3, -0.25) is 0 Å². The fourth-order valence-electron chi connectivity index (χ4n) is 1.99. The summed E-state index contributed by atoms with van der Waals surface area (Å²) in [5.41, 5.74) is 2.58. The van der Waals surface area contributed by atoms with Crippen molar-refractivity contribution in [3.8, 4) is 5.75 Å². The number of rotatable bonds is 3. The first-order chi connectivity index (χ1) is 7.29. The predicted molar refractivity (Wildman–Crippen MR) is 60.3 cm³/mol. The van der Waals surface area contributed by atoms with Crippen LogP contribution in [0.4, 0.5) is 0 Å². The second kappa shape index (κ2) is 4.67. The molecule has 1 aromatic carbocycles. The highest BCUT2D eigenvalue weighted by molar-refractivity contribution is 5.39. The van der Waals surface area contributed by atoms with Crippen LogP contribution in [0.25, 0.3) is 0 Å². The lowest BCUT2D eigenvalue weighted by atomic mass is 9.99. The Morgan fingerprint density at radius 2 is 2.33 bits per heavy atom. The third-order valence-electron chi connectivity index (χ3n) is 2.90. The van der Waals surface area contributed by atoms with Crippen molar-refractivity contribution in [2.24, 2.45) is 0 Å². The molecule has 15 heavy (non-hydrogen) atoms. The lowest BCUT2D eigenvalue weighted by Crippen LogP contribution is -2.18. The van der Waals surface area contributed by atoms with Gasteiger partial charge in [-0.1, -0.05) is 12.1 Å².